The van der Waals surface area contributed by atoms with E-state index in [0.717, 1.165) is 28.6 Å². The Morgan fingerprint density at radius 1 is 1.18 bits per heavy atom. The van der Waals surface area contributed by atoms with Gasteiger partial charge in [-0.15, -0.1) is 0 Å². The smallest absolute Gasteiger partial charge is 0.229 e. The number of fused-ring (bicyclic) bond motifs is 1. The molecule has 2 aromatic carbocycles. The summed E-state index contributed by atoms with van der Waals surface area (Å²) >= 11 is 0. The van der Waals surface area contributed by atoms with Crippen molar-refractivity contribution in [1.29, 1.82) is 4.78 Å². The van der Waals surface area contributed by atoms with Gasteiger partial charge in [0.15, 0.2) is 0 Å². The molecule has 0 fully saturated rings. The van der Waals surface area contributed by atoms with Crippen LogP contribution in [0.1, 0.15) is 31.4 Å². The Labute approximate surface area is 199 Å². The Kier molecular flexibility index (Phi) is 6.52. The summed E-state index contributed by atoms with van der Waals surface area (Å²) in [5, 5.41) is 12.1. The van der Waals surface area contributed by atoms with Gasteiger partial charge in [-0.05, 0) is 55.8 Å². The standard InChI is InChI=1S/C25H27N7OS/c1-5-17(2)28-24-19(8-6-18-7-9-20-16-32(3)31-23(20)14-18)15-27-25(30-24)29-21-10-12-22(13-11-21)34(4,26)33/h7,9-17,26H,5H2,1-4H3,(H2,27,28,29,30)/t17-,34?/m1/s1. The zero-order valence-corrected chi connectivity index (χ0v) is 20.4. The lowest BCUT2D eigenvalue weighted by Gasteiger charge is -2.15. The third-order valence-corrected chi connectivity index (χ3v) is 6.48. The van der Waals surface area contributed by atoms with E-state index in [2.05, 4.69) is 51.4 Å². The number of rotatable bonds is 6. The highest BCUT2D eigenvalue weighted by molar-refractivity contribution is 7.91. The average Bonchev–Trinajstić information content (AvgIpc) is 3.17. The maximum Gasteiger partial charge on any atom is 0.229 e. The first kappa shape index (κ1) is 23.3. The second-order valence-electron chi connectivity index (χ2n) is 8.23. The van der Waals surface area contributed by atoms with Gasteiger partial charge >= 0.3 is 0 Å². The summed E-state index contributed by atoms with van der Waals surface area (Å²) in [6.07, 6.45) is 6.00. The minimum absolute atomic E-state index is 0.210. The lowest BCUT2D eigenvalue weighted by atomic mass is 10.1. The van der Waals surface area contributed by atoms with Crippen molar-refractivity contribution < 1.29 is 4.21 Å². The number of hydrogen-bond donors (Lipinski definition) is 3. The molecule has 1 unspecified atom stereocenters. The van der Waals surface area contributed by atoms with E-state index in [1.165, 1.54) is 6.26 Å². The molecule has 9 heteroatoms. The van der Waals surface area contributed by atoms with Crippen LogP contribution in [-0.4, -0.2) is 36.3 Å². The zero-order chi connectivity index (χ0) is 24.3. The highest BCUT2D eigenvalue weighted by Gasteiger charge is 2.10. The summed E-state index contributed by atoms with van der Waals surface area (Å²) in [6.45, 7) is 4.19. The SMILES string of the molecule is CC[C@@H](C)Nc1nc(Nc2ccc(S(C)(=N)=O)cc2)ncc1C#Cc1ccc2cn(C)nc2c1. The molecule has 8 nitrogen and oxygen atoms in total. The first-order valence-electron chi connectivity index (χ1n) is 10.9. The van der Waals surface area contributed by atoms with Crippen LogP contribution in [-0.2, 0) is 16.8 Å². The summed E-state index contributed by atoms with van der Waals surface area (Å²) in [4.78, 5) is 9.56. The summed E-state index contributed by atoms with van der Waals surface area (Å²) < 4.78 is 21.4. The van der Waals surface area contributed by atoms with E-state index in [-0.39, 0.29) is 6.04 Å². The van der Waals surface area contributed by atoms with Gasteiger partial charge < -0.3 is 10.6 Å². The predicted octanol–water partition coefficient (Wildman–Crippen LogP) is 4.75. The van der Waals surface area contributed by atoms with Gasteiger partial charge in [-0.2, -0.15) is 10.1 Å². The molecule has 174 valence electrons. The molecule has 0 saturated heterocycles. The average molecular weight is 474 g/mol. The van der Waals surface area contributed by atoms with E-state index >= 15 is 0 Å². The summed E-state index contributed by atoms with van der Waals surface area (Å²) in [6, 6.07) is 13.0. The summed E-state index contributed by atoms with van der Waals surface area (Å²) in [5.41, 5.74) is 3.20. The maximum absolute atomic E-state index is 11.9. The molecule has 0 aliphatic heterocycles. The third-order valence-electron chi connectivity index (χ3n) is 5.31. The molecular formula is C25H27N7OS. The third kappa shape index (κ3) is 5.53. The maximum atomic E-state index is 11.9. The molecule has 0 spiro atoms. The van der Waals surface area contributed by atoms with Crippen LogP contribution in [0.5, 0.6) is 0 Å². The van der Waals surface area contributed by atoms with Crippen molar-refractivity contribution in [2.75, 3.05) is 16.9 Å². The van der Waals surface area contributed by atoms with Crippen molar-refractivity contribution >= 4 is 38.1 Å². The largest absolute Gasteiger partial charge is 0.366 e. The van der Waals surface area contributed by atoms with E-state index in [4.69, 9.17) is 4.78 Å². The van der Waals surface area contributed by atoms with Crippen LogP contribution in [0.15, 0.2) is 59.8 Å². The van der Waals surface area contributed by atoms with E-state index in [1.807, 2.05) is 31.4 Å². The number of hydrogen-bond acceptors (Lipinski definition) is 7. The van der Waals surface area contributed by atoms with Crippen molar-refractivity contribution in [3.63, 3.8) is 0 Å². The van der Waals surface area contributed by atoms with Crippen molar-refractivity contribution in [1.82, 2.24) is 19.7 Å². The molecule has 0 saturated carbocycles. The lowest BCUT2D eigenvalue weighted by Crippen LogP contribution is -2.16. The Morgan fingerprint density at radius 2 is 1.94 bits per heavy atom. The number of nitrogens with zero attached hydrogens (tertiary/aromatic N) is 4. The van der Waals surface area contributed by atoms with Gasteiger partial charge in [0.25, 0.3) is 0 Å². The fourth-order valence-corrected chi connectivity index (χ4v) is 3.92. The topological polar surface area (TPSA) is 109 Å². The quantitative estimate of drug-likeness (QED) is 0.349. The van der Waals surface area contributed by atoms with Crippen LogP contribution in [0.25, 0.3) is 10.9 Å². The molecule has 3 N–H and O–H groups in total. The Bertz CT molecular complexity index is 1500. The fourth-order valence-electron chi connectivity index (χ4n) is 3.26. The zero-order valence-electron chi connectivity index (χ0n) is 19.6. The highest BCUT2D eigenvalue weighted by Crippen LogP contribution is 2.20. The number of aromatic nitrogens is 4. The first-order valence-corrected chi connectivity index (χ1v) is 12.9. The van der Waals surface area contributed by atoms with Crippen LogP contribution < -0.4 is 10.6 Å². The van der Waals surface area contributed by atoms with E-state index < -0.39 is 9.73 Å². The van der Waals surface area contributed by atoms with Gasteiger partial charge in [0.05, 0.1) is 27.0 Å². The van der Waals surface area contributed by atoms with Crippen LogP contribution >= 0.6 is 0 Å². The molecule has 0 radical (unpaired) electrons. The second kappa shape index (κ2) is 9.53. The molecule has 2 atom stereocenters. The summed E-state index contributed by atoms with van der Waals surface area (Å²) in [7, 11) is -0.851. The molecule has 4 aromatic rings. The van der Waals surface area contributed by atoms with Crippen LogP contribution in [0.3, 0.4) is 0 Å². The Balaban J connectivity index is 1.62. The second-order valence-corrected chi connectivity index (χ2v) is 10.4. The normalized spacial score (nSPS) is 13.5. The van der Waals surface area contributed by atoms with Gasteiger partial charge in [0, 0.05) is 47.1 Å². The molecule has 4 rings (SSSR count). The summed E-state index contributed by atoms with van der Waals surface area (Å²) in [5.74, 6) is 7.46. The highest BCUT2D eigenvalue weighted by atomic mass is 32.2. The number of nitrogens with one attached hydrogen (secondary N) is 3. The van der Waals surface area contributed by atoms with E-state index in [1.54, 1.807) is 35.1 Å². The molecule has 2 heterocycles. The van der Waals surface area contributed by atoms with Crippen molar-refractivity contribution in [2.24, 2.45) is 7.05 Å². The van der Waals surface area contributed by atoms with Crippen molar-refractivity contribution in [3.05, 3.63) is 66.0 Å². The fraction of sp³-hybridized carbons (Fsp3) is 0.240. The Hall–Kier alpha value is -3.90. The number of aryl methyl sites for hydroxylation is 1. The van der Waals surface area contributed by atoms with E-state index in [0.29, 0.717) is 22.2 Å². The number of benzene rings is 2. The van der Waals surface area contributed by atoms with Crippen molar-refractivity contribution in [3.8, 4) is 11.8 Å². The number of anilines is 3. The molecule has 34 heavy (non-hydrogen) atoms. The molecule has 0 aliphatic carbocycles. The molecule has 0 bridgehead atoms. The van der Waals surface area contributed by atoms with Gasteiger partial charge in [0.2, 0.25) is 5.95 Å². The minimum atomic E-state index is -2.75. The molecular weight excluding hydrogens is 446 g/mol. The van der Waals surface area contributed by atoms with Gasteiger partial charge in [-0.1, -0.05) is 18.8 Å². The van der Waals surface area contributed by atoms with Gasteiger partial charge in [0.1, 0.15) is 5.82 Å². The minimum Gasteiger partial charge on any atom is -0.366 e. The van der Waals surface area contributed by atoms with Crippen LogP contribution in [0.2, 0.25) is 0 Å². The Morgan fingerprint density at radius 3 is 2.65 bits per heavy atom. The van der Waals surface area contributed by atoms with E-state index in [9.17, 15) is 4.21 Å². The van der Waals surface area contributed by atoms with Crippen molar-refractivity contribution in [2.45, 2.75) is 31.2 Å². The molecule has 0 amide bonds. The van der Waals surface area contributed by atoms with Crippen LogP contribution in [0.4, 0.5) is 17.5 Å². The lowest BCUT2D eigenvalue weighted by molar-refractivity contribution is 0.679. The first-order chi connectivity index (χ1) is 16.2. The van der Waals surface area contributed by atoms with Crippen LogP contribution in [0, 0.1) is 16.6 Å². The van der Waals surface area contributed by atoms with Gasteiger partial charge in [-0.25, -0.2) is 14.0 Å². The predicted molar refractivity (Wildman–Crippen MR) is 137 cm³/mol. The molecule has 0 aliphatic rings. The van der Waals surface area contributed by atoms with Gasteiger partial charge in [-0.3, -0.25) is 4.68 Å². The molecule has 2 aromatic heterocycles. The monoisotopic (exact) mass is 473 g/mol.